The van der Waals surface area contributed by atoms with Crippen molar-refractivity contribution in [2.45, 2.75) is 25.7 Å². The summed E-state index contributed by atoms with van der Waals surface area (Å²) in [6, 6.07) is 0. The Bertz CT molecular complexity index is 58.8. The molecule has 0 saturated carbocycles. The summed E-state index contributed by atoms with van der Waals surface area (Å²) in [5, 5.41) is 2.32. The minimum Gasteiger partial charge on any atom is -0.312 e. The van der Waals surface area contributed by atoms with Crippen molar-refractivity contribution >= 4 is 31.9 Å². The van der Waals surface area contributed by atoms with Crippen LogP contribution in [0.1, 0.15) is 25.7 Å². The van der Waals surface area contributed by atoms with Crippen LogP contribution in [0.2, 0.25) is 0 Å². The van der Waals surface area contributed by atoms with E-state index in [-0.39, 0.29) is 0 Å². The van der Waals surface area contributed by atoms with Crippen LogP contribution in [0.25, 0.3) is 0 Å². The summed E-state index contributed by atoms with van der Waals surface area (Å²) in [7, 11) is 6.00. The van der Waals surface area contributed by atoms with Crippen molar-refractivity contribution in [3.05, 3.63) is 0 Å². The van der Waals surface area contributed by atoms with Gasteiger partial charge in [-0.3, -0.25) is 0 Å². The van der Waals surface area contributed by atoms with Crippen molar-refractivity contribution in [2.24, 2.45) is 0 Å². The summed E-state index contributed by atoms with van der Waals surface area (Å²) >= 11 is 6.78. The van der Waals surface area contributed by atoms with Crippen molar-refractivity contribution in [1.29, 1.82) is 0 Å². The molecular formula is C9H21Br2N. The predicted octanol–water partition coefficient (Wildman–Crippen LogP) is 3.51. The summed E-state index contributed by atoms with van der Waals surface area (Å²) in [4.78, 5) is 2.00. The van der Waals surface area contributed by atoms with Gasteiger partial charge in [-0.25, -0.2) is 0 Å². The number of halogens is 2. The largest absolute Gasteiger partial charge is 0.312 e. The van der Waals surface area contributed by atoms with E-state index in [1.165, 1.54) is 25.7 Å². The van der Waals surface area contributed by atoms with Crippen LogP contribution in [0, 0.1) is 0 Å². The lowest BCUT2D eigenvalue weighted by atomic mass is 10.2. The molecule has 0 atom stereocenters. The predicted molar refractivity (Wildman–Crippen MR) is 65.7 cm³/mol. The van der Waals surface area contributed by atoms with Crippen molar-refractivity contribution in [2.75, 3.05) is 31.8 Å². The first-order chi connectivity index (χ1) is 5.65. The highest BCUT2D eigenvalue weighted by Crippen LogP contribution is 2.02. The van der Waals surface area contributed by atoms with Crippen LogP contribution in [-0.2, 0) is 0 Å². The average Bonchev–Trinajstić information content (AvgIpc) is 1.97. The maximum Gasteiger partial charge on any atom is 0.00313 e. The second kappa shape index (κ2) is 14.4. The monoisotopic (exact) mass is 301 g/mol. The van der Waals surface area contributed by atoms with E-state index >= 15 is 0 Å². The van der Waals surface area contributed by atoms with Crippen LogP contribution in [0.15, 0.2) is 0 Å². The van der Waals surface area contributed by atoms with E-state index in [1.54, 1.807) is 0 Å². The fourth-order valence-electron chi connectivity index (χ4n) is 0.543. The zero-order valence-corrected chi connectivity index (χ0v) is 11.6. The Morgan fingerprint density at radius 3 is 1.17 bits per heavy atom. The summed E-state index contributed by atoms with van der Waals surface area (Å²) in [5.74, 6) is 0. The number of nitrogens with zero attached hydrogens (tertiary/aromatic N) is 1. The molecule has 0 aromatic carbocycles. The first-order valence-corrected chi connectivity index (χ1v) is 6.62. The number of hydrogen-bond donors (Lipinski definition) is 0. The Morgan fingerprint density at radius 1 is 0.750 bits per heavy atom. The van der Waals surface area contributed by atoms with E-state index in [2.05, 4.69) is 31.9 Å². The maximum atomic E-state index is 3.39. The lowest BCUT2D eigenvalue weighted by Gasteiger charge is -1.92. The molecule has 0 bridgehead atoms. The van der Waals surface area contributed by atoms with Crippen LogP contribution < -0.4 is 0 Å². The molecule has 0 aliphatic heterocycles. The van der Waals surface area contributed by atoms with E-state index in [4.69, 9.17) is 0 Å². The Labute approximate surface area is 94.2 Å². The molecule has 0 rings (SSSR count). The van der Waals surface area contributed by atoms with Gasteiger partial charge in [-0.2, -0.15) is 0 Å². The van der Waals surface area contributed by atoms with Crippen molar-refractivity contribution in [3.8, 4) is 0 Å². The Morgan fingerprint density at radius 2 is 1.00 bits per heavy atom. The number of unbranched alkanes of at least 4 members (excludes halogenated alkanes) is 3. The third kappa shape index (κ3) is 30.7. The molecule has 0 aromatic heterocycles. The van der Waals surface area contributed by atoms with E-state index in [0.717, 1.165) is 10.7 Å². The van der Waals surface area contributed by atoms with Gasteiger partial charge in [0.05, 0.1) is 0 Å². The highest BCUT2D eigenvalue weighted by atomic mass is 79.9. The van der Waals surface area contributed by atoms with Gasteiger partial charge in [-0.15, -0.1) is 0 Å². The molecule has 1 nitrogen and oxygen atoms in total. The van der Waals surface area contributed by atoms with Crippen molar-refractivity contribution < 1.29 is 0 Å². The van der Waals surface area contributed by atoms with Gasteiger partial charge < -0.3 is 4.90 Å². The highest BCUT2D eigenvalue weighted by molar-refractivity contribution is 9.09. The SMILES string of the molecule is BrCCCCCCBr.CN(C)C. The van der Waals surface area contributed by atoms with Gasteiger partial charge in [0.2, 0.25) is 0 Å². The van der Waals surface area contributed by atoms with Gasteiger partial charge in [0.1, 0.15) is 0 Å². The number of hydrogen-bond acceptors (Lipinski definition) is 1. The van der Waals surface area contributed by atoms with E-state index in [1.807, 2.05) is 26.0 Å². The molecule has 12 heavy (non-hydrogen) atoms. The normalized spacial score (nSPS) is 9.50. The molecule has 0 aliphatic carbocycles. The van der Waals surface area contributed by atoms with Crippen molar-refractivity contribution in [3.63, 3.8) is 0 Å². The summed E-state index contributed by atoms with van der Waals surface area (Å²) in [6.45, 7) is 0. The molecule has 0 aliphatic rings. The molecule has 0 amide bonds. The van der Waals surface area contributed by atoms with E-state index in [0.29, 0.717) is 0 Å². The first-order valence-electron chi connectivity index (χ1n) is 4.38. The van der Waals surface area contributed by atoms with Crippen molar-refractivity contribution in [1.82, 2.24) is 4.90 Å². The quantitative estimate of drug-likeness (QED) is 0.555. The molecule has 0 N–H and O–H groups in total. The lowest BCUT2D eigenvalue weighted by Crippen LogP contribution is -1.99. The van der Waals surface area contributed by atoms with Gasteiger partial charge in [-0.05, 0) is 34.0 Å². The van der Waals surface area contributed by atoms with Crippen LogP contribution in [-0.4, -0.2) is 36.7 Å². The second-order valence-electron chi connectivity index (χ2n) is 3.13. The van der Waals surface area contributed by atoms with Crippen LogP contribution in [0.3, 0.4) is 0 Å². The topological polar surface area (TPSA) is 3.24 Å². The van der Waals surface area contributed by atoms with Crippen LogP contribution in [0.5, 0.6) is 0 Å². The fraction of sp³-hybridized carbons (Fsp3) is 1.00. The van der Waals surface area contributed by atoms with Gasteiger partial charge in [0.25, 0.3) is 0 Å². The molecule has 0 aromatic rings. The Kier molecular flexibility index (Phi) is 18.5. The van der Waals surface area contributed by atoms with E-state index < -0.39 is 0 Å². The van der Waals surface area contributed by atoms with Crippen LogP contribution in [0.4, 0.5) is 0 Å². The third-order valence-corrected chi connectivity index (χ3v) is 2.14. The standard InChI is InChI=1S/C6H12Br2.C3H9N/c7-5-3-1-2-4-6-8;1-4(2)3/h1-6H2;1-3H3. The number of alkyl halides is 2. The minimum absolute atomic E-state index is 1.16. The smallest absolute Gasteiger partial charge is 0.00313 e. The molecule has 0 radical (unpaired) electrons. The summed E-state index contributed by atoms with van der Waals surface area (Å²) in [6.07, 6.45) is 5.40. The maximum absolute atomic E-state index is 3.39. The highest BCUT2D eigenvalue weighted by Gasteiger charge is 1.84. The fourth-order valence-corrected chi connectivity index (χ4v) is 1.34. The average molecular weight is 303 g/mol. The van der Waals surface area contributed by atoms with Gasteiger partial charge in [0.15, 0.2) is 0 Å². The molecule has 0 heterocycles. The molecule has 0 saturated heterocycles. The zero-order chi connectivity index (χ0) is 9.82. The molecule has 0 fully saturated rings. The van der Waals surface area contributed by atoms with Crippen LogP contribution >= 0.6 is 31.9 Å². The molecule has 0 unspecified atom stereocenters. The summed E-state index contributed by atoms with van der Waals surface area (Å²) < 4.78 is 0. The Hall–Kier alpha value is 0.920. The first kappa shape index (κ1) is 15.4. The second-order valence-corrected chi connectivity index (χ2v) is 4.72. The summed E-state index contributed by atoms with van der Waals surface area (Å²) in [5.41, 5.74) is 0. The molecule has 3 heteroatoms. The minimum atomic E-state index is 1.16. The molecule has 0 spiro atoms. The molecular weight excluding hydrogens is 282 g/mol. The van der Waals surface area contributed by atoms with Gasteiger partial charge >= 0.3 is 0 Å². The third-order valence-electron chi connectivity index (χ3n) is 1.02. The number of rotatable bonds is 5. The lowest BCUT2D eigenvalue weighted by molar-refractivity contribution is 0.505. The zero-order valence-electron chi connectivity index (χ0n) is 8.45. The Balaban J connectivity index is 0. The van der Waals surface area contributed by atoms with E-state index in [9.17, 15) is 0 Å². The van der Waals surface area contributed by atoms with Gasteiger partial charge in [-0.1, -0.05) is 44.7 Å². The molecule has 76 valence electrons. The van der Waals surface area contributed by atoms with Gasteiger partial charge in [0, 0.05) is 10.7 Å².